The summed E-state index contributed by atoms with van der Waals surface area (Å²) in [5.41, 5.74) is 2.79. The maximum absolute atomic E-state index is 12.8. The normalized spacial score (nSPS) is 13.4. The average molecular weight is 893 g/mol. The number of esters is 2. The highest BCUT2D eigenvalue weighted by Gasteiger charge is 2.30. The van der Waals surface area contributed by atoms with Gasteiger partial charge >= 0.3 is 11.9 Å². The van der Waals surface area contributed by atoms with E-state index in [1.165, 1.54) is 47.0 Å². The van der Waals surface area contributed by atoms with Crippen molar-refractivity contribution in [3.8, 4) is 23.0 Å². The molecule has 60 heavy (non-hydrogen) atoms. The number of hydrogen-bond donors (Lipinski definition) is 2. The summed E-state index contributed by atoms with van der Waals surface area (Å²) in [5.74, 6) is 0.0172. The van der Waals surface area contributed by atoms with E-state index in [-0.39, 0.29) is 59.6 Å². The maximum Gasteiger partial charge on any atom is 0.344 e. The first-order valence-electron chi connectivity index (χ1n) is 20.2. The van der Waals surface area contributed by atoms with Crippen molar-refractivity contribution >= 4 is 59.0 Å². The van der Waals surface area contributed by atoms with E-state index in [0.717, 1.165) is 22.3 Å². The summed E-state index contributed by atoms with van der Waals surface area (Å²) in [6.45, 7) is 28.9. The average Bonchev–Trinajstić information content (AvgIpc) is 3.12. The molecule has 0 fully saturated rings. The second kappa shape index (κ2) is 18.4. The third-order valence-corrected chi connectivity index (χ3v) is 14.0. The van der Waals surface area contributed by atoms with Gasteiger partial charge in [-0.2, -0.15) is 0 Å². The highest BCUT2D eigenvalue weighted by molar-refractivity contribution is 8.01. The highest BCUT2D eigenvalue weighted by Crippen LogP contribution is 2.56. The summed E-state index contributed by atoms with van der Waals surface area (Å²) < 4.78 is 23.4. The molecule has 0 aliphatic carbocycles. The maximum atomic E-state index is 12.8. The van der Waals surface area contributed by atoms with Crippen LogP contribution in [0.2, 0.25) is 0 Å². The first-order chi connectivity index (χ1) is 27.8. The smallest absolute Gasteiger partial charge is 0.344 e. The minimum absolute atomic E-state index is 0.0705. The lowest BCUT2D eigenvalue weighted by molar-refractivity contribution is -0.146. The molecule has 12 heteroatoms. The molecule has 0 atom stereocenters. The number of fused-ring (bicyclic) bond motifs is 8. The van der Waals surface area contributed by atoms with Crippen molar-refractivity contribution < 1.29 is 38.7 Å². The number of phenols is 2. The molecule has 0 spiro atoms. The lowest BCUT2D eigenvalue weighted by Gasteiger charge is -2.27. The lowest BCUT2D eigenvalue weighted by Crippen LogP contribution is -2.16. The Hall–Kier alpha value is -3.58. The fourth-order valence-electron chi connectivity index (χ4n) is 6.09. The van der Waals surface area contributed by atoms with Gasteiger partial charge in [-0.05, 0) is 106 Å². The molecular weight excluding hydrogens is 833 g/mol. The second-order valence-corrected chi connectivity index (χ2v) is 23.2. The summed E-state index contributed by atoms with van der Waals surface area (Å²) in [7, 11) is 0. The summed E-state index contributed by atoms with van der Waals surface area (Å²) >= 11 is 5.44. The minimum Gasteiger partial charge on any atom is -0.506 e. The van der Waals surface area contributed by atoms with Gasteiger partial charge in [-0.1, -0.05) is 130 Å². The van der Waals surface area contributed by atoms with E-state index in [2.05, 4.69) is 107 Å². The third-order valence-electron chi connectivity index (χ3n) is 9.74. The zero-order chi connectivity index (χ0) is 44.5. The number of carbonyl (C=O) groups excluding carboxylic acids is 2. The van der Waals surface area contributed by atoms with E-state index >= 15 is 0 Å². The Bertz CT molecular complexity index is 2000. The van der Waals surface area contributed by atoms with Crippen molar-refractivity contribution in [1.29, 1.82) is 0 Å². The van der Waals surface area contributed by atoms with E-state index in [4.69, 9.17) is 18.9 Å². The van der Waals surface area contributed by atoms with E-state index in [0.29, 0.717) is 50.7 Å². The number of rotatable bonds is 8. The van der Waals surface area contributed by atoms with Crippen LogP contribution in [-0.2, 0) is 40.7 Å². The van der Waals surface area contributed by atoms with Crippen LogP contribution >= 0.6 is 47.0 Å². The zero-order valence-corrected chi connectivity index (χ0v) is 40.7. The fourth-order valence-corrected chi connectivity index (χ4v) is 10.7. The molecule has 2 N–H and O–H groups in total. The highest BCUT2D eigenvalue weighted by atomic mass is 32.2. The van der Waals surface area contributed by atoms with Crippen molar-refractivity contribution in [1.82, 2.24) is 0 Å². The molecule has 8 bridgehead atoms. The molecule has 4 aromatic carbocycles. The van der Waals surface area contributed by atoms with Gasteiger partial charge in [-0.3, -0.25) is 0 Å². The van der Waals surface area contributed by atoms with Crippen LogP contribution < -0.4 is 9.47 Å². The molecule has 0 unspecified atom stereocenters. The summed E-state index contributed by atoms with van der Waals surface area (Å²) in [6.07, 6.45) is 0. The molecule has 0 saturated carbocycles. The van der Waals surface area contributed by atoms with Gasteiger partial charge in [0.15, 0.2) is 13.2 Å². The summed E-state index contributed by atoms with van der Waals surface area (Å²) in [6, 6.07) is 16.3. The van der Waals surface area contributed by atoms with Crippen molar-refractivity contribution in [2.75, 3.05) is 26.4 Å². The standard InChI is InChI=1S/C48H60O8S4/c1-15-53-39(49)25-55-43-35-21-29(47(9,10)11)22-36(43)58-32-18-28(46(6,7)8)20-34(42(32)52)60-38-24-30(48(12,13)14)23-37(44(38)56-26-40(50)54-16-2)59-33-19-27(45(3,4)5)17-31(57-35)41(33)51/h17-24,51-52H,15-16,25-26H2,1-14H3. The Morgan fingerprint density at radius 1 is 0.433 bits per heavy atom. The Kier molecular flexibility index (Phi) is 14.6. The molecule has 0 saturated heterocycles. The SMILES string of the molecule is CCOC(=O)COc1c2cc(C(C)(C)C)cc1Sc1cc(C(C)(C)C)cc(c1O)Sc1cc(C(C)(C)C)cc(c1OCC(=O)OCC)Sc1cc(C(C)(C)C)cc(c1O)S2. The van der Waals surface area contributed by atoms with Crippen LogP contribution in [0, 0.1) is 0 Å². The van der Waals surface area contributed by atoms with Gasteiger partial charge in [0.2, 0.25) is 0 Å². The topological polar surface area (TPSA) is 112 Å². The molecule has 0 radical (unpaired) electrons. The summed E-state index contributed by atoms with van der Waals surface area (Å²) in [4.78, 5) is 30.8. The van der Waals surface area contributed by atoms with Crippen LogP contribution in [0.1, 0.15) is 119 Å². The molecule has 5 rings (SSSR count). The molecule has 1 aliphatic rings. The largest absolute Gasteiger partial charge is 0.506 e. The van der Waals surface area contributed by atoms with Crippen LogP contribution in [0.4, 0.5) is 0 Å². The molecule has 0 aromatic heterocycles. The number of hydrogen-bond acceptors (Lipinski definition) is 12. The van der Waals surface area contributed by atoms with Crippen molar-refractivity contribution in [2.45, 2.75) is 158 Å². The third kappa shape index (κ3) is 11.5. The van der Waals surface area contributed by atoms with Crippen molar-refractivity contribution in [3.05, 3.63) is 70.8 Å². The van der Waals surface area contributed by atoms with Gasteiger partial charge in [0, 0.05) is 0 Å². The van der Waals surface area contributed by atoms with Crippen LogP contribution in [-0.4, -0.2) is 48.6 Å². The summed E-state index contributed by atoms with van der Waals surface area (Å²) in [5, 5.41) is 24.7. The monoisotopic (exact) mass is 892 g/mol. The van der Waals surface area contributed by atoms with Gasteiger partial charge in [0.05, 0.1) is 52.4 Å². The minimum atomic E-state index is -0.504. The molecular formula is C48H60O8S4. The molecule has 1 heterocycles. The Morgan fingerprint density at radius 3 is 0.850 bits per heavy atom. The van der Waals surface area contributed by atoms with Crippen molar-refractivity contribution in [2.24, 2.45) is 0 Å². The predicted octanol–water partition coefficient (Wildman–Crippen LogP) is 13.1. The first-order valence-corrected chi connectivity index (χ1v) is 23.5. The van der Waals surface area contributed by atoms with Crippen molar-refractivity contribution in [3.63, 3.8) is 0 Å². The predicted molar refractivity (Wildman–Crippen MR) is 245 cm³/mol. The molecule has 1 aliphatic heterocycles. The van der Waals surface area contributed by atoms with E-state index in [1.807, 2.05) is 24.3 Å². The van der Waals surface area contributed by atoms with Gasteiger partial charge in [0.1, 0.15) is 23.0 Å². The molecule has 4 aromatic rings. The number of benzene rings is 4. The van der Waals surface area contributed by atoms with Crippen LogP contribution in [0.5, 0.6) is 23.0 Å². The zero-order valence-electron chi connectivity index (χ0n) is 37.4. The number of aromatic hydroxyl groups is 2. The van der Waals surface area contributed by atoms with E-state index in [1.54, 1.807) is 13.8 Å². The van der Waals surface area contributed by atoms with E-state index in [9.17, 15) is 19.8 Å². The number of phenolic OH excluding ortho intramolecular Hbond substituents is 2. The van der Waals surface area contributed by atoms with Crippen LogP contribution in [0.25, 0.3) is 0 Å². The van der Waals surface area contributed by atoms with Crippen LogP contribution in [0.15, 0.2) is 87.7 Å². The number of carbonyl (C=O) groups is 2. The Morgan fingerprint density at radius 2 is 0.650 bits per heavy atom. The van der Waals surface area contributed by atoms with Gasteiger partial charge in [-0.15, -0.1) is 0 Å². The molecule has 0 amide bonds. The molecule has 324 valence electrons. The van der Waals surface area contributed by atoms with Gasteiger partial charge in [-0.25, -0.2) is 9.59 Å². The Labute approximate surface area is 373 Å². The second-order valence-electron chi connectivity index (χ2n) is 18.8. The van der Waals surface area contributed by atoms with E-state index < -0.39 is 11.9 Å². The molecule has 8 nitrogen and oxygen atoms in total. The Balaban J connectivity index is 1.93. The van der Waals surface area contributed by atoms with Crippen LogP contribution in [0.3, 0.4) is 0 Å². The fraction of sp³-hybridized carbons (Fsp3) is 0.458. The van der Waals surface area contributed by atoms with Gasteiger partial charge < -0.3 is 29.2 Å². The van der Waals surface area contributed by atoms with Gasteiger partial charge in [0.25, 0.3) is 0 Å². The number of ether oxygens (including phenoxy) is 4. The lowest BCUT2D eigenvalue weighted by atomic mass is 9.87. The quantitative estimate of drug-likeness (QED) is 0.145. The first kappa shape index (κ1) is 47.5.